The van der Waals surface area contributed by atoms with Crippen molar-refractivity contribution in [2.75, 3.05) is 13.7 Å². The summed E-state index contributed by atoms with van der Waals surface area (Å²) in [5.74, 6) is -1.03. The van der Waals surface area contributed by atoms with Crippen molar-refractivity contribution < 1.29 is 23.9 Å². The average molecular weight is 434 g/mol. The first-order chi connectivity index (χ1) is 15.6. The number of nitrogens with zero attached hydrogens (tertiary/aromatic N) is 1. The normalized spacial score (nSPS) is 18.5. The maximum Gasteiger partial charge on any atom is 0.410 e. The minimum absolute atomic E-state index is 0.0205. The third-order valence-electron chi connectivity index (χ3n) is 5.99. The van der Waals surface area contributed by atoms with Crippen LogP contribution in [0.4, 0.5) is 4.79 Å². The van der Waals surface area contributed by atoms with Crippen LogP contribution in [0.15, 0.2) is 60.8 Å². The lowest BCUT2D eigenvalue weighted by Gasteiger charge is -2.37. The van der Waals surface area contributed by atoms with E-state index in [9.17, 15) is 14.4 Å². The van der Waals surface area contributed by atoms with Gasteiger partial charge in [0.15, 0.2) is 5.78 Å². The second-order valence-electron chi connectivity index (χ2n) is 7.98. The van der Waals surface area contributed by atoms with Gasteiger partial charge >= 0.3 is 12.1 Å². The highest BCUT2D eigenvalue weighted by molar-refractivity contribution is 5.93. The molecule has 7 heteroatoms. The van der Waals surface area contributed by atoms with Crippen molar-refractivity contribution in [3.05, 3.63) is 71.9 Å². The summed E-state index contributed by atoms with van der Waals surface area (Å²) in [4.78, 5) is 42.8. The molecule has 0 spiro atoms. The summed E-state index contributed by atoms with van der Waals surface area (Å²) in [5.41, 5.74) is 2.79. The molecule has 166 valence electrons. The van der Waals surface area contributed by atoms with E-state index in [1.54, 1.807) is 0 Å². The molecule has 0 saturated carbocycles. The van der Waals surface area contributed by atoms with Gasteiger partial charge in [0.1, 0.15) is 6.61 Å². The number of ether oxygens (including phenoxy) is 2. The molecule has 0 radical (unpaired) electrons. The van der Waals surface area contributed by atoms with Gasteiger partial charge in [-0.2, -0.15) is 0 Å². The number of carbonyl (C=O) groups excluding carboxylic acids is 3. The highest BCUT2D eigenvalue weighted by Crippen LogP contribution is 2.28. The summed E-state index contributed by atoms with van der Waals surface area (Å²) < 4.78 is 10.3. The third kappa shape index (κ3) is 4.66. The predicted octanol–water partition coefficient (Wildman–Crippen LogP) is 3.87. The van der Waals surface area contributed by atoms with Gasteiger partial charge in [-0.1, -0.05) is 48.5 Å². The van der Waals surface area contributed by atoms with Crippen LogP contribution in [-0.2, 0) is 32.1 Å². The van der Waals surface area contributed by atoms with Gasteiger partial charge in [-0.3, -0.25) is 14.5 Å². The monoisotopic (exact) mass is 434 g/mol. The Morgan fingerprint density at radius 1 is 1.09 bits per heavy atom. The van der Waals surface area contributed by atoms with Crippen molar-refractivity contribution in [3.63, 3.8) is 0 Å². The van der Waals surface area contributed by atoms with Crippen molar-refractivity contribution in [1.29, 1.82) is 0 Å². The first-order valence-corrected chi connectivity index (χ1v) is 10.7. The Kier molecular flexibility index (Phi) is 6.54. The lowest BCUT2D eigenvalue weighted by atomic mass is 9.84. The number of nitrogens with one attached hydrogen (secondary N) is 1. The molecule has 1 aromatic heterocycles. The van der Waals surface area contributed by atoms with E-state index in [1.807, 2.05) is 60.8 Å². The van der Waals surface area contributed by atoms with Crippen LogP contribution in [-0.4, -0.2) is 47.4 Å². The number of piperidine rings is 1. The molecule has 2 atom stereocenters. The van der Waals surface area contributed by atoms with E-state index in [0.717, 1.165) is 22.0 Å². The van der Waals surface area contributed by atoms with E-state index >= 15 is 0 Å². The van der Waals surface area contributed by atoms with Gasteiger partial charge in [-0.25, -0.2) is 4.79 Å². The van der Waals surface area contributed by atoms with Crippen molar-refractivity contribution >= 4 is 28.7 Å². The van der Waals surface area contributed by atoms with Crippen LogP contribution < -0.4 is 0 Å². The third-order valence-corrected chi connectivity index (χ3v) is 5.99. The molecule has 1 aliphatic heterocycles. The van der Waals surface area contributed by atoms with Crippen molar-refractivity contribution in [2.45, 2.75) is 31.9 Å². The Morgan fingerprint density at radius 3 is 2.62 bits per heavy atom. The number of ketones is 1. The maximum absolute atomic E-state index is 13.4. The Balaban J connectivity index is 1.55. The summed E-state index contributed by atoms with van der Waals surface area (Å²) in [6, 6.07) is 16.5. The minimum Gasteiger partial charge on any atom is -0.469 e. The average Bonchev–Trinajstić information content (AvgIpc) is 3.23. The highest BCUT2D eigenvalue weighted by atomic mass is 16.6. The first kappa shape index (κ1) is 21.6. The van der Waals surface area contributed by atoms with E-state index in [1.165, 1.54) is 12.0 Å². The largest absolute Gasteiger partial charge is 0.469 e. The fourth-order valence-electron chi connectivity index (χ4n) is 4.25. The number of hydrogen-bond donors (Lipinski definition) is 1. The molecule has 0 bridgehead atoms. The number of H-pyrrole nitrogens is 1. The molecule has 32 heavy (non-hydrogen) atoms. The van der Waals surface area contributed by atoms with Gasteiger partial charge in [0.05, 0.1) is 19.6 Å². The fraction of sp³-hybridized carbons (Fsp3) is 0.320. The quantitative estimate of drug-likeness (QED) is 0.595. The van der Waals surface area contributed by atoms with Crippen LogP contribution >= 0.6 is 0 Å². The second kappa shape index (κ2) is 9.68. The molecule has 1 saturated heterocycles. The summed E-state index contributed by atoms with van der Waals surface area (Å²) in [7, 11) is 1.31. The number of carbonyl (C=O) groups is 3. The van der Waals surface area contributed by atoms with Gasteiger partial charge in [0, 0.05) is 36.0 Å². The zero-order valence-corrected chi connectivity index (χ0v) is 18.0. The van der Waals surface area contributed by atoms with E-state index in [0.29, 0.717) is 19.4 Å². The number of para-hydroxylation sites is 1. The summed E-state index contributed by atoms with van der Waals surface area (Å²) >= 11 is 0. The molecule has 1 aliphatic rings. The molecule has 2 unspecified atom stereocenters. The molecule has 1 amide bonds. The number of fused-ring (bicyclic) bond motifs is 1. The summed E-state index contributed by atoms with van der Waals surface area (Å²) in [6.07, 6.45) is 2.12. The SMILES string of the molecule is COC(=O)CC1CCN(C(=O)OCc2ccccc2)C(Cc2c[nH]c3ccccc23)C1=O. The molecular weight excluding hydrogens is 408 g/mol. The van der Waals surface area contributed by atoms with Crippen LogP contribution in [0.1, 0.15) is 24.0 Å². The zero-order valence-electron chi connectivity index (χ0n) is 18.0. The predicted molar refractivity (Wildman–Crippen MR) is 119 cm³/mol. The van der Waals surface area contributed by atoms with Gasteiger partial charge < -0.3 is 14.5 Å². The van der Waals surface area contributed by atoms with Crippen molar-refractivity contribution in [2.24, 2.45) is 5.92 Å². The van der Waals surface area contributed by atoms with E-state index in [2.05, 4.69) is 4.98 Å². The van der Waals surface area contributed by atoms with Crippen molar-refractivity contribution in [1.82, 2.24) is 9.88 Å². The number of esters is 1. The molecule has 0 aliphatic carbocycles. The van der Waals surface area contributed by atoms with Crippen LogP contribution in [0.3, 0.4) is 0 Å². The van der Waals surface area contributed by atoms with E-state index in [-0.39, 0.29) is 18.8 Å². The Labute approximate surface area is 186 Å². The molecule has 3 aromatic rings. The Hall–Kier alpha value is -3.61. The molecule has 1 N–H and O–H groups in total. The molecule has 1 fully saturated rings. The van der Waals surface area contributed by atoms with E-state index < -0.39 is 24.0 Å². The zero-order chi connectivity index (χ0) is 22.5. The smallest absolute Gasteiger partial charge is 0.410 e. The number of rotatable bonds is 6. The number of benzene rings is 2. The van der Waals surface area contributed by atoms with Crippen LogP contribution in [0.25, 0.3) is 10.9 Å². The Bertz CT molecular complexity index is 1110. The van der Waals surface area contributed by atoms with Gasteiger partial charge in [-0.15, -0.1) is 0 Å². The first-order valence-electron chi connectivity index (χ1n) is 10.7. The van der Waals surface area contributed by atoms with Crippen LogP contribution in [0, 0.1) is 5.92 Å². The number of hydrogen-bond acceptors (Lipinski definition) is 5. The van der Waals surface area contributed by atoms with E-state index in [4.69, 9.17) is 9.47 Å². The number of aromatic amines is 1. The lowest BCUT2D eigenvalue weighted by Crippen LogP contribution is -2.53. The molecule has 7 nitrogen and oxygen atoms in total. The molecule has 4 rings (SSSR count). The van der Waals surface area contributed by atoms with Crippen LogP contribution in [0.5, 0.6) is 0 Å². The number of amides is 1. The van der Waals surface area contributed by atoms with Gasteiger partial charge in [0.25, 0.3) is 0 Å². The lowest BCUT2D eigenvalue weighted by molar-refractivity contribution is -0.146. The fourth-order valence-corrected chi connectivity index (χ4v) is 4.25. The number of aromatic nitrogens is 1. The number of likely N-dealkylation sites (tertiary alicyclic amines) is 1. The topological polar surface area (TPSA) is 88.7 Å². The molecule has 2 heterocycles. The van der Waals surface area contributed by atoms with Crippen LogP contribution in [0.2, 0.25) is 0 Å². The number of Topliss-reactive ketones (excluding diaryl/α,β-unsaturated/α-hetero) is 1. The summed E-state index contributed by atoms with van der Waals surface area (Å²) in [5, 5.41) is 1.01. The Morgan fingerprint density at radius 2 is 1.84 bits per heavy atom. The molecule has 2 aromatic carbocycles. The maximum atomic E-state index is 13.4. The molecular formula is C25H26N2O5. The highest BCUT2D eigenvalue weighted by Gasteiger charge is 2.40. The standard InChI is InChI=1S/C25H26N2O5/c1-31-23(28)14-18-11-12-27(25(30)32-16-17-7-3-2-4-8-17)22(24(18)29)13-19-15-26-21-10-6-5-9-20(19)21/h2-10,15,18,22,26H,11-14,16H2,1H3. The van der Waals surface area contributed by atoms with Gasteiger partial charge in [-0.05, 0) is 23.6 Å². The minimum atomic E-state index is -0.708. The summed E-state index contributed by atoms with van der Waals surface area (Å²) in [6.45, 7) is 0.476. The van der Waals surface area contributed by atoms with Crippen molar-refractivity contribution in [3.8, 4) is 0 Å². The number of methoxy groups -OCH3 is 1. The second-order valence-corrected chi connectivity index (χ2v) is 7.98. The van der Waals surface area contributed by atoms with Gasteiger partial charge in [0.2, 0.25) is 0 Å².